The Hall–Kier alpha value is -2.62. The second-order valence-corrected chi connectivity index (χ2v) is 4.39. The van der Waals surface area contributed by atoms with Crippen LogP contribution in [0, 0.1) is 0 Å². The van der Waals surface area contributed by atoms with Crippen molar-refractivity contribution in [3.05, 3.63) is 64.6 Å². The molecule has 1 aromatic heterocycles. The fourth-order valence-electron chi connectivity index (χ4n) is 2.16. The topological polar surface area (TPSA) is 54.9 Å². The third-order valence-corrected chi connectivity index (χ3v) is 3.12. The molecule has 0 saturated heterocycles. The van der Waals surface area contributed by atoms with Crippen LogP contribution in [0.2, 0.25) is 0 Å². The van der Waals surface area contributed by atoms with Crippen molar-refractivity contribution in [2.24, 2.45) is 0 Å². The Bertz CT molecular complexity index is 810. The SMILES string of the molecule is CC(=O)c1ccc(-n2c(=O)[nH]c3ccccc32)cc1. The fraction of sp³-hybridized carbons (Fsp3) is 0.0667. The van der Waals surface area contributed by atoms with E-state index >= 15 is 0 Å². The summed E-state index contributed by atoms with van der Waals surface area (Å²) in [6.07, 6.45) is 0. The summed E-state index contributed by atoms with van der Waals surface area (Å²) in [5.41, 5.74) is 2.81. The molecule has 1 N–H and O–H groups in total. The molecule has 0 radical (unpaired) electrons. The number of rotatable bonds is 2. The van der Waals surface area contributed by atoms with Gasteiger partial charge in [0.2, 0.25) is 0 Å². The van der Waals surface area contributed by atoms with Gasteiger partial charge >= 0.3 is 5.69 Å². The summed E-state index contributed by atoms with van der Waals surface area (Å²) in [6.45, 7) is 1.52. The number of ketones is 1. The van der Waals surface area contributed by atoms with E-state index in [1.54, 1.807) is 28.8 Å². The Morgan fingerprint density at radius 2 is 1.74 bits per heavy atom. The molecule has 0 amide bonds. The number of Topliss-reactive ketones (excluding diaryl/α,β-unsaturated/α-hetero) is 1. The molecule has 19 heavy (non-hydrogen) atoms. The average molecular weight is 252 g/mol. The van der Waals surface area contributed by atoms with Crippen LogP contribution in [0.5, 0.6) is 0 Å². The second kappa shape index (κ2) is 4.24. The quantitative estimate of drug-likeness (QED) is 0.712. The normalized spacial score (nSPS) is 10.8. The van der Waals surface area contributed by atoms with Gasteiger partial charge in [0.15, 0.2) is 5.78 Å². The summed E-state index contributed by atoms with van der Waals surface area (Å²) >= 11 is 0. The van der Waals surface area contributed by atoms with Gasteiger partial charge in [-0.25, -0.2) is 4.79 Å². The van der Waals surface area contributed by atoms with Gasteiger partial charge in [-0.2, -0.15) is 0 Å². The molecule has 0 bridgehead atoms. The molecular formula is C15H12N2O2. The Labute approximate surface area is 109 Å². The molecule has 0 spiro atoms. The van der Waals surface area contributed by atoms with Crippen molar-refractivity contribution in [3.8, 4) is 5.69 Å². The summed E-state index contributed by atoms with van der Waals surface area (Å²) in [5.74, 6) is 0.0119. The molecular weight excluding hydrogens is 240 g/mol. The van der Waals surface area contributed by atoms with E-state index in [1.165, 1.54) is 6.92 Å². The standard InChI is InChI=1S/C15H12N2O2/c1-10(18)11-6-8-12(9-7-11)17-14-5-3-2-4-13(14)16-15(17)19/h2-9H,1H3,(H,16,19). The molecule has 0 atom stereocenters. The minimum absolute atomic E-state index is 0.0119. The number of nitrogens with one attached hydrogen (secondary N) is 1. The molecule has 1 heterocycles. The van der Waals surface area contributed by atoms with E-state index in [4.69, 9.17) is 0 Å². The van der Waals surface area contributed by atoms with E-state index in [9.17, 15) is 9.59 Å². The lowest BCUT2D eigenvalue weighted by molar-refractivity contribution is 0.101. The van der Waals surface area contributed by atoms with E-state index in [0.29, 0.717) is 5.56 Å². The van der Waals surface area contributed by atoms with Gasteiger partial charge in [0, 0.05) is 5.56 Å². The number of para-hydroxylation sites is 2. The zero-order chi connectivity index (χ0) is 13.4. The predicted molar refractivity (Wildman–Crippen MR) is 73.9 cm³/mol. The van der Waals surface area contributed by atoms with E-state index in [-0.39, 0.29) is 11.5 Å². The summed E-state index contributed by atoms with van der Waals surface area (Å²) in [5, 5.41) is 0. The summed E-state index contributed by atoms with van der Waals surface area (Å²) < 4.78 is 1.60. The Morgan fingerprint density at radius 3 is 2.42 bits per heavy atom. The number of hydrogen-bond acceptors (Lipinski definition) is 2. The first-order valence-electron chi connectivity index (χ1n) is 5.98. The molecule has 2 aromatic carbocycles. The molecule has 0 saturated carbocycles. The Morgan fingerprint density at radius 1 is 1.05 bits per heavy atom. The average Bonchev–Trinajstić information content (AvgIpc) is 2.74. The van der Waals surface area contributed by atoms with Crippen LogP contribution in [-0.2, 0) is 0 Å². The number of carbonyl (C=O) groups is 1. The molecule has 4 heteroatoms. The zero-order valence-electron chi connectivity index (χ0n) is 10.4. The van der Waals surface area contributed by atoms with E-state index < -0.39 is 0 Å². The van der Waals surface area contributed by atoms with Gasteiger partial charge in [0.25, 0.3) is 0 Å². The number of nitrogens with zero attached hydrogens (tertiary/aromatic N) is 1. The lowest BCUT2D eigenvalue weighted by atomic mass is 10.1. The van der Waals surface area contributed by atoms with Crippen molar-refractivity contribution in [2.45, 2.75) is 6.92 Å². The third kappa shape index (κ3) is 1.87. The minimum atomic E-state index is -0.184. The molecule has 94 valence electrons. The van der Waals surface area contributed by atoms with E-state index in [2.05, 4.69) is 4.98 Å². The van der Waals surface area contributed by atoms with Crippen LogP contribution in [0.15, 0.2) is 53.3 Å². The van der Waals surface area contributed by atoms with Crippen LogP contribution >= 0.6 is 0 Å². The predicted octanol–water partition coefficient (Wildman–Crippen LogP) is 2.52. The number of aromatic nitrogens is 2. The van der Waals surface area contributed by atoms with Crippen molar-refractivity contribution in [1.82, 2.24) is 9.55 Å². The van der Waals surface area contributed by atoms with Crippen LogP contribution in [0.3, 0.4) is 0 Å². The number of H-pyrrole nitrogens is 1. The first kappa shape index (κ1) is 11.5. The van der Waals surface area contributed by atoms with Crippen LogP contribution in [-0.4, -0.2) is 15.3 Å². The smallest absolute Gasteiger partial charge is 0.305 e. The molecule has 0 aliphatic carbocycles. The summed E-state index contributed by atoms with van der Waals surface area (Å²) in [4.78, 5) is 26.0. The van der Waals surface area contributed by atoms with Gasteiger partial charge in [0.1, 0.15) is 0 Å². The highest BCUT2D eigenvalue weighted by atomic mass is 16.1. The van der Waals surface area contributed by atoms with Gasteiger partial charge in [-0.3, -0.25) is 9.36 Å². The van der Waals surface area contributed by atoms with Gasteiger partial charge in [-0.1, -0.05) is 12.1 Å². The fourth-order valence-corrected chi connectivity index (χ4v) is 2.16. The van der Waals surface area contributed by atoms with E-state index in [1.807, 2.05) is 24.3 Å². The number of hydrogen-bond donors (Lipinski definition) is 1. The van der Waals surface area contributed by atoms with Gasteiger partial charge in [-0.05, 0) is 43.3 Å². The Balaban J connectivity index is 2.21. The van der Waals surface area contributed by atoms with Gasteiger partial charge in [-0.15, -0.1) is 0 Å². The Kier molecular flexibility index (Phi) is 2.56. The highest BCUT2D eigenvalue weighted by molar-refractivity contribution is 5.94. The maximum atomic E-state index is 12.0. The lowest BCUT2D eigenvalue weighted by Crippen LogP contribution is -2.14. The first-order valence-corrected chi connectivity index (χ1v) is 5.98. The molecule has 3 rings (SSSR count). The lowest BCUT2D eigenvalue weighted by Gasteiger charge is -2.04. The molecule has 4 nitrogen and oxygen atoms in total. The number of benzene rings is 2. The van der Waals surface area contributed by atoms with Crippen LogP contribution < -0.4 is 5.69 Å². The largest absolute Gasteiger partial charge is 0.331 e. The minimum Gasteiger partial charge on any atom is -0.305 e. The number of imidazole rings is 1. The summed E-state index contributed by atoms with van der Waals surface area (Å²) in [7, 11) is 0. The molecule has 3 aromatic rings. The van der Waals surface area contributed by atoms with Crippen LogP contribution in [0.4, 0.5) is 0 Å². The molecule has 0 unspecified atom stereocenters. The third-order valence-electron chi connectivity index (χ3n) is 3.12. The number of carbonyl (C=O) groups excluding carboxylic acids is 1. The van der Waals surface area contributed by atoms with Crippen molar-refractivity contribution >= 4 is 16.8 Å². The molecule has 0 fully saturated rings. The monoisotopic (exact) mass is 252 g/mol. The molecule has 0 aliphatic heterocycles. The highest BCUT2D eigenvalue weighted by Gasteiger charge is 2.08. The van der Waals surface area contributed by atoms with Crippen LogP contribution in [0.1, 0.15) is 17.3 Å². The number of fused-ring (bicyclic) bond motifs is 1. The van der Waals surface area contributed by atoms with Crippen molar-refractivity contribution in [3.63, 3.8) is 0 Å². The summed E-state index contributed by atoms with van der Waals surface area (Å²) in [6, 6.07) is 14.5. The number of aromatic amines is 1. The first-order chi connectivity index (χ1) is 9.16. The van der Waals surface area contributed by atoms with Gasteiger partial charge < -0.3 is 4.98 Å². The maximum absolute atomic E-state index is 12.0. The molecule has 0 aliphatic rings. The maximum Gasteiger partial charge on any atom is 0.331 e. The zero-order valence-corrected chi connectivity index (χ0v) is 10.4. The van der Waals surface area contributed by atoms with Crippen molar-refractivity contribution in [2.75, 3.05) is 0 Å². The second-order valence-electron chi connectivity index (χ2n) is 4.39. The van der Waals surface area contributed by atoms with Crippen LogP contribution in [0.25, 0.3) is 16.7 Å². The van der Waals surface area contributed by atoms with Crippen molar-refractivity contribution < 1.29 is 4.79 Å². The van der Waals surface area contributed by atoms with E-state index in [0.717, 1.165) is 16.7 Å². The van der Waals surface area contributed by atoms with Crippen molar-refractivity contribution in [1.29, 1.82) is 0 Å². The van der Waals surface area contributed by atoms with Gasteiger partial charge in [0.05, 0.1) is 16.7 Å². The highest BCUT2D eigenvalue weighted by Crippen LogP contribution is 2.15.